The quantitative estimate of drug-likeness (QED) is 0.841. The molecule has 2 heterocycles. The van der Waals surface area contributed by atoms with E-state index < -0.39 is 11.2 Å². The summed E-state index contributed by atoms with van der Waals surface area (Å²) in [5.74, 6) is 0.150. The average Bonchev–Trinajstić information content (AvgIpc) is 2.83. The summed E-state index contributed by atoms with van der Waals surface area (Å²) in [5.41, 5.74) is 2.05. The Bertz CT molecular complexity index is 720. The highest BCUT2D eigenvalue weighted by Gasteiger charge is 2.31. The van der Waals surface area contributed by atoms with Gasteiger partial charge >= 0.3 is 0 Å². The molecule has 2 aliphatic rings. The normalized spacial score (nSPS) is 20.5. The van der Waals surface area contributed by atoms with Crippen LogP contribution in [-0.4, -0.2) is 39.1 Å². The van der Waals surface area contributed by atoms with E-state index in [1.807, 2.05) is 4.90 Å². The van der Waals surface area contributed by atoms with Crippen molar-refractivity contribution in [3.05, 3.63) is 23.3 Å². The number of aromatic hydroxyl groups is 1. The lowest BCUT2D eigenvalue weighted by atomic mass is 9.97. The lowest BCUT2D eigenvalue weighted by Crippen LogP contribution is -2.37. The maximum Gasteiger partial charge on any atom is 0.253 e. The van der Waals surface area contributed by atoms with E-state index in [-0.39, 0.29) is 30.5 Å². The van der Waals surface area contributed by atoms with Gasteiger partial charge in [-0.15, -0.1) is 0 Å². The Morgan fingerprint density at radius 1 is 1.25 bits per heavy atom. The van der Waals surface area contributed by atoms with Crippen LogP contribution in [0, 0.1) is 5.92 Å². The summed E-state index contributed by atoms with van der Waals surface area (Å²) in [6.07, 6.45) is 1.18. The highest BCUT2D eigenvalue weighted by atomic mass is 32.2. The summed E-state index contributed by atoms with van der Waals surface area (Å²) in [6, 6.07) is 3.28. The molecule has 1 aromatic carbocycles. The monoisotopic (exact) mass is 351 g/mol. The fourth-order valence-corrected chi connectivity index (χ4v) is 3.84. The molecule has 1 aromatic rings. The summed E-state index contributed by atoms with van der Waals surface area (Å²) in [6.45, 7) is 5.34. The van der Waals surface area contributed by atoms with Crippen LogP contribution in [0.15, 0.2) is 12.1 Å². The van der Waals surface area contributed by atoms with Gasteiger partial charge in [-0.25, -0.2) is 4.21 Å². The molecular weight excluding hydrogens is 330 g/mol. The minimum absolute atomic E-state index is 0.0527. The van der Waals surface area contributed by atoms with E-state index in [9.17, 15) is 18.9 Å². The standard InChI is InChI=1S/C16H21N3O4S/c1-10(2)3-4-18-8-12-5-13(19-9-15(21)17-24(19)23)14(20)6-11(12)7-16(18)22/h5-6,10,20H,3-4,7-9H2,1-2H3,(H,17,21). The molecule has 1 fully saturated rings. The summed E-state index contributed by atoms with van der Waals surface area (Å²) < 4.78 is 15.6. The van der Waals surface area contributed by atoms with Gasteiger partial charge in [-0.3, -0.25) is 18.6 Å². The van der Waals surface area contributed by atoms with Crippen molar-refractivity contribution < 1.29 is 18.9 Å². The van der Waals surface area contributed by atoms with Gasteiger partial charge in [0.25, 0.3) is 5.91 Å². The number of nitrogens with zero attached hydrogens (tertiary/aromatic N) is 2. The summed E-state index contributed by atoms with van der Waals surface area (Å²) in [5, 5.41) is 10.2. The minimum Gasteiger partial charge on any atom is -0.506 e. The molecule has 2 N–H and O–H groups in total. The molecule has 8 heteroatoms. The van der Waals surface area contributed by atoms with Crippen molar-refractivity contribution in [3.63, 3.8) is 0 Å². The number of carbonyl (C=O) groups excluding carboxylic acids is 2. The zero-order valence-electron chi connectivity index (χ0n) is 13.7. The van der Waals surface area contributed by atoms with Crippen LogP contribution in [0.3, 0.4) is 0 Å². The molecular formula is C16H21N3O4S. The van der Waals surface area contributed by atoms with E-state index in [1.54, 1.807) is 12.1 Å². The maximum absolute atomic E-state index is 12.2. The third kappa shape index (κ3) is 3.24. The summed E-state index contributed by atoms with van der Waals surface area (Å²) in [7, 11) is 0. The van der Waals surface area contributed by atoms with E-state index in [2.05, 4.69) is 18.6 Å². The van der Waals surface area contributed by atoms with Crippen LogP contribution in [0.5, 0.6) is 5.75 Å². The van der Waals surface area contributed by atoms with E-state index in [1.165, 1.54) is 4.31 Å². The predicted octanol–water partition coefficient (Wildman–Crippen LogP) is 0.838. The molecule has 2 aliphatic heterocycles. The van der Waals surface area contributed by atoms with E-state index in [0.717, 1.165) is 17.5 Å². The molecule has 0 aliphatic carbocycles. The lowest BCUT2D eigenvalue weighted by Gasteiger charge is -2.30. The van der Waals surface area contributed by atoms with Gasteiger partial charge in [0.05, 0.1) is 12.1 Å². The van der Waals surface area contributed by atoms with Gasteiger partial charge in [0.1, 0.15) is 12.3 Å². The fraction of sp³-hybridized carbons (Fsp3) is 0.500. The molecule has 7 nitrogen and oxygen atoms in total. The maximum atomic E-state index is 12.2. The molecule has 130 valence electrons. The first-order valence-electron chi connectivity index (χ1n) is 7.96. The number of phenols is 1. The molecule has 0 spiro atoms. The molecule has 1 saturated heterocycles. The predicted molar refractivity (Wildman–Crippen MR) is 90.3 cm³/mol. The highest BCUT2D eigenvalue weighted by Crippen LogP contribution is 2.35. The largest absolute Gasteiger partial charge is 0.506 e. The Kier molecular flexibility index (Phi) is 4.49. The van der Waals surface area contributed by atoms with Crippen LogP contribution in [0.1, 0.15) is 31.4 Å². The third-order valence-electron chi connectivity index (χ3n) is 4.29. The van der Waals surface area contributed by atoms with Crippen molar-refractivity contribution in [2.75, 3.05) is 17.4 Å². The van der Waals surface area contributed by atoms with Crippen LogP contribution in [0.4, 0.5) is 5.69 Å². The first-order valence-corrected chi connectivity index (χ1v) is 9.07. The fourth-order valence-electron chi connectivity index (χ4n) is 2.91. The van der Waals surface area contributed by atoms with Crippen molar-refractivity contribution in [1.29, 1.82) is 0 Å². The Morgan fingerprint density at radius 3 is 2.62 bits per heavy atom. The number of nitrogens with one attached hydrogen (secondary N) is 1. The lowest BCUT2D eigenvalue weighted by molar-refractivity contribution is -0.132. The SMILES string of the molecule is CC(C)CCN1Cc2cc(N3CC(=O)NS3=O)c(O)cc2CC1=O. The second-order valence-electron chi connectivity index (χ2n) is 6.60. The first kappa shape index (κ1) is 16.8. The Hall–Kier alpha value is -2.09. The van der Waals surface area contributed by atoms with Gasteiger partial charge < -0.3 is 10.0 Å². The summed E-state index contributed by atoms with van der Waals surface area (Å²) >= 11 is -1.68. The molecule has 24 heavy (non-hydrogen) atoms. The Labute approximate surface area is 143 Å². The number of phenolic OH excluding ortho intramolecular Hbond substituents is 1. The second kappa shape index (κ2) is 6.43. The zero-order valence-corrected chi connectivity index (χ0v) is 14.6. The number of anilines is 1. The molecule has 0 aromatic heterocycles. The van der Waals surface area contributed by atoms with Gasteiger partial charge in [-0.05, 0) is 35.6 Å². The van der Waals surface area contributed by atoms with E-state index >= 15 is 0 Å². The molecule has 0 radical (unpaired) electrons. The van der Waals surface area contributed by atoms with Crippen LogP contribution in [-0.2, 0) is 33.7 Å². The van der Waals surface area contributed by atoms with Crippen LogP contribution in [0.2, 0.25) is 0 Å². The van der Waals surface area contributed by atoms with Gasteiger partial charge in [0.2, 0.25) is 17.1 Å². The van der Waals surface area contributed by atoms with Gasteiger partial charge in [0, 0.05) is 13.1 Å². The Balaban J connectivity index is 1.87. The Morgan fingerprint density at radius 2 is 2.00 bits per heavy atom. The van der Waals surface area contributed by atoms with Crippen molar-refractivity contribution in [1.82, 2.24) is 9.62 Å². The number of hydrogen-bond acceptors (Lipinski definition) is 4. The zero-order chi connectivity index (χ0) is 17.4. The van der Waals surface area contributed by atoms with Crippen LogP contribution in [0.25, 0.3) is 0 Å². The molecule has 1 unspecified atom stereocenters. The number of hydrogen-bond donors (Lipinski definition) is 2. The smallest absolute Gasteiger partial charge is 0.253 e. The highest BCUT2D eigenvalue weighted by molar-refractivity contribution is 7.85. The number of benzene rings is 1. The minimum atomic E-state index is -1.68. The number of carbonyl (C=O) groups is 2. The summed E-state index contributed by atoms with van der Waals surface area (Å²) in [4.78, 5) is 25.5. The topological polar surface area (TPSA) is 89.9 Å². The third-order valence-corrected chi connectivity index (χ3v) is 5.41. The first-order chi connectivity index (χ1) is 11.3. The average molecular weight is 351 g/mol. The van der Waals surface area contributed by atoms with Crippen molar-refractivity contribution in [2.24, 2.45) is 5.92 Å². The molecule has 0 bridgehead atoms. The second-order valence-corrected chi connectivity index (χ2v) is 7.74. The van der Waals surface area contributed by atoms with Crippen LogP contribution < -0.4 is 9.03 Å². The van der Waals surface area contributed by atoms with Gasteiger partial charge in [0.15, 0.2) is 0 Å². The van der Waals surface area contributed by atoms with Crippen molar-refractivity contribution in [3.8, 4) is 5.75 Å². The number of amides is 2. The van der Waals surface area contributed by atoms with Crippen molar-refractivity contribution in [2.45, 2.75) is 33.2 Å². The van der Waals surface area contributed by atoms with Gasteiger partial charge in [-0.2, -0.15) is 0 Å². The van der Waals surface area contributed by atoms with E-state index in [0.29, 0.717) is 24.7 Å². The molecule has 1 atom stereocenters. The van der Waals surface area contributed by atoms with E-state index in [4.69, 9.17) is 0 Å². The number of fused-ring (bicyclic) bond motifs is 1. The van der Waals surface area contributed by atoms with Gasteiger partial charge in [-0.1, -0.05) is 13.8 Å². The van der Waals surface area contributed by atoms with Crippen LogP contribution >= 0.6 is 0 Å². The molecule has 2 amide bonds. The number of rotatable bonds is 4. The molecule has 3 rings (SSSR count). The molecule has 0 saturated carbocycles. The van der Waals surface area contributed by atoms with Crippen molar-refractivity contribution >= 4 is 28.7 Å².